The monoisotopic (exact) mass is 153 g/mol. The number of ether oxygens (including phenoxy) is 1. The van der Waals surface area contributed by atoms with E-state index in [1.165, 1.54) is 0 Å². The summed E-state index contributed by atoms with van der Waals surface area (Å²) in [5.74, 6) is -1.18. The maximum Gasteiger partial charge on any atom is 0.380 e. The summed E-state index contributed by atoms with van der Waals surface area (Å²) in [5, 5.41) is 0. The lowest BCUT2D eigenvalue weighted by Gasteiger charge is -1.95. The minimum absolute atomic E-state index is 0.283. The van der Waals surface area contributed by atoms with E-state index in [9.17, 15) is 9.59 Å². The van der Waals surface area contributed by atoms with Gasteiger partial charge < -0.3 is 9.72 Å². The van der Waals surface area contributed by atoms with Gasteiger partial charge in [-0.15, -0.1) is 0 Å². The van der Waals surface area contributed by atoms with Crippen molar-refractivity contribution in [3.05, 3.63) is 18.3 Å². The van der Waals surface area contributed by atoms with E-state index in [1.807, 2.05) is 0 Å². The Kier molecular flexibility index (Phi) is 2.06. The highest BCUT2D eigenvalue weighted by Crippen LogP contribution is 2.04. The number of Topliss-reactive ketones (excluding diaryl/α,β-unsaturated/α-hetero) is 1. The van der Waals surface area contributed by atoms with Crippen LogP contribution in [-0.2, 0) is 9.59 Å². The molecule has 0 spiro atoms. The minimum Gasteiger partial charge on any atom is -0.404 e. The first-order chi connectivity index (χ1) is 5.20. The van der Waals surface area contributed by atoms with Gasteiger partial charge in [0.15, 0.2) is 0 Å². The summed E-state index contributed by atoms with van der Waals surface area (Å²) < 4.78 is 4.57. The molecule has 0 aromatic carbocycles. The highest BCUT2D eigenvalue weighted by molar-refractivity contribution is 6.33. The topological polar surface area (TPSA) is 59.2 Å². The van der Waals surface area contributed by atoms with Gasteiger partial charge in [0.05, 0.1) is 0 Å². The Morgan fingerprint density at radius 2 is 2.27 bits per heavy atom. The molecule has 0 saturated carbocycles. The average Bonchev–Trinajstić information content (AvgIpc) is 2.39. The normalized spacial score (nSPS) is 9.18. The van der Waals surface area contributed by atoms with Crippen LogP contribution in [0.1, 0.15) is 6.92 Å². The first-order valence-electron chi connectivity index (χ1n) is 3.06. The van der Waals surface area contributed by atoms with Gasteiger partial charge >= 0.3 is 5.97 Å². The first-order valence-corrected chi connectivity index (χ1v) is 3.06. The van der Waals surface area contributed by atoms with Crippen LogP contribution >= 0.6 is 0 Å². The predicted molar refractivity (Wildman–Crippen MR) is 37.1 cm³/mol. The van der Waals surface area contributed by atoms with E-state index in [2.05, 4.69) is 9.72 Å². The molecular weight excluding hydrogens is 146 g/mol. The first kappa shape index (κ1) is 7.53. The van der Waals surface area contributed by atoms with E-state index < -0.39 is 11.8 Å². The van der Waals surface area contributed by atoms with Crippen LogP contribution in [0.3, 0.4) is 0 Å². The van der Waals surface area contributed by atoms with Gasteiger partial charge in [0.25, 0.3) is 0 Å². The number of aromatic amines is 1. The van der Waals surface area contributed by atoms with Gasteiger partial charge in [-0.1, -0.05) is 0 Å². The molecule has 0 aliphatic heterocycles. The van der Waals surface area contributed by atoms with Crippen molar-refractivity contribution in [1.82, 2.24) is 4.98 Å². The molecule has 11 heavy (non-hydrogen) atoms. The van der Waals surface area contributed by atoms with Crippen LogP contribution in [0.2, 0.25) is 0 Å². The molecule has 1 heterocycles. The molecule has 1 aromatic rings. The molecule has 0 fully saturated rings. The van der Waals surface area contributed by atoms with Gasteiger partial charge in [0.1, 0.15) is 0 Å². The van der Waals surface area contributed by atoms with E-state index in [4.69, 9.17) is 0 Å². The fourth-order valence-electron chi connectivity index (χ4n) is 0.549. The molecule has 0 aliphatic carbocycles. The minimum atomic E-state index is -0.854. The lowest BCUT2D eigenvalue weighted by atomic mass is 10.5. The number of hydrogen-bond acceptors (Lipinski definition) is 3. The third-order valence-corrected chi connectivity index (χ3v) is 1.06. The van der Waals surface area contributed by atoms with Crippen LogP contribution < -0.4 is 4.74 Å². The summed E-state index contributed by atoms with van der Waals surface area (Å²) in [6, 6.07) is 3.23. The molecule has 0 unspecified atom stereocenters. The van der Waals surface area contributed by atoms with Gasteiger partial charge in [0.2, 0.25) is 11.7 Å². The standard InChI is InChI=1S/C7H7NO3/c1-5(9)7(10)11-6-3-2-4-8-6/h2-4,8H,1H3. The molecule has 4 nitrogen and oxygen atoms in total. The number of nitrogens with one attached hydrogen (secondary N) is 1. The Morgan fingerprint density at radius 1 is 1.55 bits per heavy atom. The van der Waals surface area contributed by atoms with Crippen molar-refractivity contribution < 1.29 is 14.3 Å². The molecule has 0 saturated heterocycles. The number of ketones is 1. The second-order valence-electron chi connectivity index (χ2n) is 1.98. The average molecular weight is 153 g/mol. The molecular formula is C7H7NO3. The maximum absolute atomic E-state index is 10.6. The number of rotatable bonds is 2. The second-order valence-corrected chi connectivity index (χ2v) is 1.98. The van der Waals surface area contributed by atoms with Gasteiger partial charge in [-0.2, -0.15) is 0 Å². The van der Waals surface area contributed by atoms with Crippen molar-refractivity contribution in [3.8, 4) is 5.88 Å². The van der Waals surface area contributed by atoms with Crippen LogP contribution in [0.5, 0.6) is 5.88 Å². The molecule has 58 valence electrons. The van der Waals surface area contributed by atoms with E-state index >= 15 is 0 Å². The number of aromatic nitrogens is 1. The van der Waals surface area contributed by atoms with Crippen molar-refractivity contribution in [2.75, 3.05) is 0 Å². The lowest BCUT2D eigenvalue weighted by Crippen LogP contribution is -2.16. The molecule has 4 heteroatoms. The van der Waals surface area contributed by atoms with Crippen molar-refractivity contribution in [2.24, 2.45) is 0 Å². The summed E-state index contributed by atoms with van der Waals surface area (Å²) in [7, 11) is 0. The lowest BCUT2D eigenvalue weighted by molar-refractivity contribution is -0.146. The number of hydrogen-bond donors (Lipinski definition) is 1. The van der Waals surface area contributed by atoms with Gasteiger partial charge in [-0.05, 0) is 6.07 Å². The largest absolute Gasteiger partial charge is 0.404 e. The molecule has 0 radical (unpaired) electrons. The highest BCUT2D eigenvalue weighted by atomic mass is 16.5. The Bertz CT molecular complexity index is 263. The Labute approximate surface area is 63.2 Å². The van der Waals surface area contributed by atoms with Crippen LogP contribution in [0.25, 0.3) is 0 Å². The zero-order valence-corrected chi connectivity index (χ0v) is 5.96. The number of H-pyrrole nitrogens is 1. The van der Waals surface area contributed by atoms with E-state index in [0.717, 1.165) is 6.92 Å². The number of carbonyl (C=O) groups is 2. The maximum atomic E-state index is 10.6. The highest BCUT2D eigenvalue weighted by Gasteiger charge is 2.09. The summed E-state index contributed by atoms with van der Waals surface area (Å²) in [6.07, 6.45) is 1.60. The molecule has 1 aromatic heterocycles. The summed E-state index contributed by atoms with van der Waals surface area (Å²) in [6.45, 7) is 1.16. The SMILES string of the molecule is CC(=O)C(=O)Oc1ccc[nH]1. The summed E-state index contributed by atoms with van der Waals surface area (Å²) >= 11 is 0. The Balaban J connectivity index is 2.57. The number of carbonyl (C=O) groups excluding carboxylic acids is 2. The smallest absolute Gasteiger partial charge is 0.380 e. The molecule has 1 rings (SSSR count). The van der Waals surface area contributed by atoms with Crippen LogP contribution in [0.15, 0.2) is 18.3 Å². The fraction of sp³-hybridized carbons (Fsp3) is 0.143. The van der Waals surface area contributed by atoms with Crippen molar-refractivity contribution >= 4 is 11.8 Å². The summed E-state index contributed by atoms with van der Waals surface area (Å²) in [5.41, 5.74) is 0. The Hall–Kier alpha value is -1.58. The molecule has 1 N–H and O–H groups in total. The molecule has 0 amide bonds. The van der Waals surface area contributed by atoms with E-state index in [1.54, 1.807) is 18.3 Å². The van der Waals surface area contributed by atoms with Crippen LogP contribution in [0, 0.1) is 0 Å². The predicted octanol–water partition coefficient (Wildman–Crippen LogP) is 0.509. The van der Waals surface area contributed by atoms with E-state index in [0.29, 0.717) is 0 Å². The molecule has 0 atom stereocenters. The third-order valence-electron chi connectivity index (χ3n) is 1.06. The third kappa shape index (κ3) is 1.93. The number of esters is 1. The fourth-order valence-corrected chi connectivity index (χ4v) is 0.549. The van der Waals surface area contributed by atoms with Crippen molar-refractivity contribution in [2.45, 2.75) is 6.92 Å². The van der Waals surface area contributed by atoms with Crippen LogP contribution in [-0.4, -0.2) is 16.7 Å². The molecule has 0 bridgehead atoms. The van der Waals surface area contributed by atoms with Gasteiger partial charge in [0, 0.05) is 19.2 Å². The van der Waals surface area contributed by atoms with Crippen molar-refractivity contribution in [1.29, 1.82) is 0 Å². The quantitative estimate of drug-likeness (QED) is 0.497. The Morgan fingerprint density at radius 3 is 2.73 bits per heavy atom. The molecule has 0 aliphatic rings. The van der Waals surface area contributed by atoms with Gasteiger partial charge in [-0.3, -0.25) is 4.79 Å². The summed E-state index contributed by atoms with van der Waals surface area (Å²) in [4.78, 5) is 23.6. The second kappa shape index (κ2) is 3.01. The zero-order chi connectivity index (χ0) is 8.27. The zero-order valence-electron chi connectivity index (χ0n) is 5.96. The van der Waals surface area contributed by atoms with Crippen LogP contribution in [0.4, 0.5) is 0 Å². The van der Waals surface area contributed by atoms with E-state index in [-0.39, 0.29) is 5.88 Å². The van der Waals surface area contributed by atoms with Crippen molar-refractivity contribution in [3.63, 3.8) is 0 Å². The van der Waals surface area contributed by atoms with Gasteiger partial charge in [-0.25, -0.2) is 4.79 Å².